The van der Waals surface area contributed by atoms with Gasteiger partial charge < -0.3 is 20.9 Å². The molecule has 27 heavy (non-hydrogen) atoms. The molecule has 1 amide bonds. The summed E-state index contributed by atoms with van der Waals surface area (Å²) in [6, 6.07) is 9.44. The molecule has 1 spiro atoms. The quantitative estimate of drug-likeness (QED) is 0.652. The Kier molecular flexibility index (Phi) is 3.45. The van der Waals surface area contributed by atoms with Gasteiger partial charge in [-0.2, -0.15) is 5.26 Å². The number of carbonyl (C=O) groups is 2. The second-order valence-electron chi connectivity index (χ2n) is 6.24. The Morgan fingerprint density at radius 2 is 2.11 bits per heavy atom. The minimum atomic E-state index is -1.78. The van der Waals surface area contributed by atoms with Crippen molar-refractivity contribution in [3.05, 3.63) is 63.5 Å². The molecule has 4 N–H and O–H groups in total. The molecule has 134 valence electrons. The number of hydrogen-bond donors (Lipinski definition) is 3. The molecule has 0 aliphatic carbocycles. The molecule has 2 aromatic carbocycles. The third-order valence-corrected chi connectivity index (χ3v) is 5.06. The van der Waals surface area contributed by atoms with Crippen LogP contribution < -0.4 is 15.8 Å². The molecule has 7 nitrogen and oxygen atoms in total. The number of ketones is 1. The maximum Gasteiger partial charge on any atom is 0.245 e. The van der Waals surface area contributed by atoms with E-state index in [9.17, 15) is 20.0 Å². The van der Waals surface area contributed by atoms with Gasteiger partial charge in [-0.1, -0.05) is 11.6 Å². The summed E-state index contributed by atoms with van der Waals surface area (Å²) in [6.07, 6.45) is 0. The van der Waals surface area contributed by atoms with Gasteiger partial charge in [0.1, 0.15) is 28.6 Å². The minimum Gasteiger partial charge on any atom is -0.507 e. The molecular formula is C19H12ClN3O4. The first-order chi connectivity index (χ1) is 12.8. The van der Waals surface area contributed by atoms with Crippen molar-refractivity contribution in [1.29, 1.82) is 5.26 Å². The van der Waals surface area contributed by atoms with Gasteiger partial charge in [-0.05, 0) is 37.3 Å². The summed E-state index contributed by atoms with van der Waals surface area (Å²) in [5.74, 6) is -1.63. The number of halogens is 1. The standard InChI is InChI=1S/C19H12ClN3O4/c1-8(24)10-3-5-14-15(16(10)25)19(12(7-21)17(22)27-14)11-6-9(20)2-4-13(11)23-18(19)26/h2-6,25H,22H2,1H3,(H,23,26). The molecule has 0 bridgehead atoms. The number of nitrogens with one attached hydrogen (secondary N) is 1. The third kappa shape index (κ3) is 2.02. The van der Waals surface area contributed by atoms with Crippen LogP contribution in [0.15, 0.2) is 41.8 Å². The summed E-state index contributed by atoms with van der Waals surface area (Å²) >= 11 is 6.13. The van der Waals surface area contributed by atoms with Crippen LogP contribution in [0, 0.1) is 11.3 Å². The Morgan fingerprint density at radius 3 is 2.78 bits per heavy atom. The molecule has 8 heteroatoms. The lowest BCUT2D eigenvalue weighted by Crippen LogP contribution is -2.42. The number of carbonyl (C=O) groups excluding carboxylic acids is 2. The Labute approximate surface area is 158 Å². The van der Waals surface area contributed by atoms with Gasteiger partial charge in [-0.25, -0.2) is 0 Å². The van der Waals surface area contributed by atoms with Gasteiger partial charge >= 0.3 is 0 Å². The fraction of sp³-hybridized carbons (Fsp3) is 0.105. The highest BCUT2D eigenvalue weighted by molar-refractivity contribution is 6.31. The van der Waals surface area contributed by atoms with E-state index in [-0.39, 0.29) is 28.3 Å². The number of nitrogens with zero attached hydrogens (tertiary/aromatic N) is 1. The van der Waals surface area contributed by atoms with Gasteiger partial charge in [-0.15, -0.1) is 0 Å². The monoisotopic (exact) mass is 381 g/mol. The van der Waals surface area contributed by atoms with Crippen LogP contribution in [0.5, 0.6) is 11.5 Å². The summed E-state index contributed by atoms with van der Waals surface area (Å²) in [7, 11) is 0. The normalized spacial score (nSPS) is 19.8. The Hall–Kier alpha value is -3.50. The van der Waals surface area contributed by atoms with Crippen LogP contribution in [0.4, 0.5) is 5.69 Å². The summed E-state index contributed by atoms with van der Waals surface area (Å²) in [4.78, 5) is 25.1. The number of rotatable bonds is 1. The SMILES string of the molecule is CC(=O)c1ccc2c(c1O)C1(C(=O)Nc3ccc(Cl)cc31)C(C#N)=C(N)O2. The van der Waals surface area contributed by atoms with Crippen molar-refractivity contribution in [2.45, 2.75) is 12.3 Å². The van der Waals surface area contributed by atoms with Crippen LogP contribution in [0.2, 0.25) is 5.02 Å². The van der Waals surface area contributed by atoms with Gasteiger partial charge in [0.25, 0.3) is 0 Å². The van der Waals surface area contributed by atoms with Gasteiger partial charge in [-0.3, -0.25) is 9.59 Å². The fourth-order valence-corrected chi connectivity index (χ4v) is 3.87. The lowest BCUT2D eigenvalue weighted by molar-refractivity contribution is -0.118. The zero-order valence-corrected chi connectivity index (χ0v) is 14.7. The first kappa shape index (κ1) is 16.9. The maximum absolute atomic E-state index is 13.2. The molecule has 0 radical (unpaired) electrons. The molecule has 2 aliphatic rings. The number of amides is 1. The number of anilines is 1. The molecule has 0 aromatic heterocycles. The lowest BCUT2D eigenvalue weighted by Gasteiger charge is -2.34. The Balaban J connectivity index is 2.21. The predicted octanol–water partition coefficient (Wildman–Crippen LogP) is 2.57. The molecule has 2 heterocycles. The van der Waals surface area contributed by atoms with Crippen LogP contribution in [0.25, 0.3) is 0 Å². The van der Waals surface area contributed by atoms with E-state index < -0.39 is 22.9 Å². The number of fused-ring (bicyclic) bond motifs is 4. The van der Waals surface area contributed by atoms with Crippen molar-refractivity contribution in [2.75, 3.05) is 5.32 Å². The highest BCUT2D eigenvalue weighted by atomic mass is 35.5. The maximum atomic E-state index is 13.2. The van der Waals surface area contributed by atoms with Gasteiger partial charge in [0.05, 0.1) is 11.1 Å². The van der Waals surface area contributed by atoms with Crippen molar-refractivity contribution in [2.24, 2.45) is 5.73 Å². The van der Waals surface area contributed by atoms with E-state index in [1.54, 1.807) is 12.1 Å². The van der Waals surface area contributed by atoms with Crippen LogP contribution in [-0.4, -0.2) is 16.8 Å². The fourth-order valence-electron chi connectivity index (χ4n) is 3.69. The van der Waals surface area contributed by atoms with Crippen molar-refractivity contribution in [3.63, 3.8) is 0 Å². The number of phenolic OH excluding ortho intramolecular Hbond substituents is 1. The minimum absolute atomic E-state index is 0.00207. The van der Waals surface area contributed by atoms with Gasteiger partial charge in [0.2, 0.25) is 11.8 Å². The average Bonchev–Trinajstić information content (AvgIpc) is 2.87. The number of Topliss-reactive ketones (excluding diaryl/α,β-unsaturated/α-hetero) is 1. The Bertz CT molecular complexity index is 1130. The molecular weight excluding hydrogens is 370 g/mol. The van der Waals surface area contributed by atoms with Crippen LogP contribution in [-0.2, 0) is 10.2 Å². The lowest BCUT2D eigenvalue weighted by atomic mass is 9.68. The number of benzene rings is 2. The van der Waals surface area contributed by atoms with Crippen molar-refractivity contribution >= 4 is 29.0 Å². The molecule has 2 aromatic rings. The molecule has 1 atom stereocenters. The molecule has 0 saturated carbocycles. The Morgan fingerprint density at radius 1 is 1.37 bits per heavy atom. The number of hydrogen-bond acceptors (Lipinski definition) is 6. The first-order valence-corrected chi connectivity index (χ1v) is 8.27. The van der Waals surface area contributed by atoms with Crippen LogP contribution in [0.1, 0.15) is 28.4 Å². The molecule has 0 fully saturated rings. The first-order valence-electron chi connectivity index (χ1n) is 7.89. The average molecular weight is 382 g/mol. The van der Waals surface area contributed by atoms with Crippen LogP contribution >= 0.6 is 11.6 Å². The van der Waals surface area contributed by atoms with E-state index in [1.807, 2.05) is 6.07 Å². The summed E-state index contributed by atoms with van der Waals surface area (Å²) in [5, 5.41) is 23.6. The molecule has 2 aliphatic heterocycles. The van der Waals surface area contributed by atoms with E-state index in [1.165, 1.54) is 25.1 Å². The summed E-state index contributed by atoms with van der Waals surface area (Å²) in [5.41, 5.74) is 4.72. The van der Waals surface area contributed by atoms with Crippen LogP contribution in [0.3, 0.4) is 0 Å². The van der Waals surface area contributed by atoms with Crippen molar-refractivity contribution in [3.8, 4) is 17.6 Å². The highest BCUT2D eigenvalue weighted by Gasteiger charge is 2.58. The summed E-state index contributed by atoms with van der Waals surface area (Å²) < 4.78 is 5.48. The van der Waals surface area contributed by atoms with E-state index in [0.717, 1.165) is 0 Å². The molecule has 4 rings (SSSR count). The topological polar surface area (TPSA) is 125 Å². The number of ether oxygens (including phenoxy) is 1. The third-order valence-electron chi connectivity index (χ3n) is 4.82. The number of phenols is 1. The van der Waals surface area contributed by atoms with E-state index >= 15 is 0 Å². The predicted molar refractivity (Wildman–Crippen MR) is 96.4 cm³/mol. The zero-order chi connectivity index (χ0) is 19.5. The highest BCUT2D eigenvalue weighted by Crippen LogP contribution is 2.56. The smallest absolute Gasteiger partial charge is 0.245 e. The summed E-state index contributed by atoms with van der Waals surface area (Å²) in [6.45, 7) is 1.28. The molecule has 1 unspecified atom stereocenters. The second kappa shape index (κ2) is 5.50. The zero-order valence-electron chi connectivity index (χ0n) is 14.0. The number of aromatic hydroxyl groups is 1. The van der Waals surface area contributed by atoms with Gasteiger partial charge in [0, 0.05) is 16.3 Å². The second-order valence-corrected chi connectivity index (χ2v) is 6.67. The van der Waals surface area contributed by atoms with Crippen molar-refractivity contribution in [1.82, 2.24) is 0 Å². The van der Waals surface area contributed by atoms with Crippen molar-refractivity contribution < 1.29 is 19.4 Å². The van der Waals surface area contributed by atoms with E-state index in [0.29, 0.717) is 16.3 Å². The molecule has 0 saturated heterocycles. The van der Waals surface area contributed by atoms with E-state index in [2.05, 4.69) is 5.32 Å². The van der Waals surface area contributed by atoms with Gasteiger partial charge in [0.15, 0.2) is 5.78 Å². The number of nitrogens with two attached hydrogens (primary N) is 1. The number of nitriles is 1. The largest absolute Gasteiger partial charge is 0.507 e. The van der Waals surface area contributed by atoms with E-state index in [4.69, 9.17) is 22.1 Å².